The first-order chi connectivity index (χ1) is 14.7. The lowest BCUT2D eigenvalue weighted by Gasteiger charge is -2.42. The molecule has 1 unspecified atom stereocenters. The van der Waals surface area contributed by atoms with Gasteiger partial charge in [-0.05, 0) is 91.6 Å². The Morgan fingerprint density at radius 2 is 1.97 bits per heavy atom. The predicted octanol–water partition coefficient (Wildman–Crippen LogP) is 4.79. The number of aliphatic hydroxyl groups excluding tert-OH is 1. The monoisotopic (exact) mass is 427 g/mol. The second-order valence-electron chi connectivity index (χ2n) is 10.0. The number of aliphatic hydroxyl groups is 1. The zero-order chi connectivity index (χ0) is 22.2. The van der Waals surface area contributed by atoms with Crippen LogP contribution in [0.1, 0.15) is 63.5 Å². The normalized spacial score (nSPS) is 29.6. The minimum absolute atomic E-state index is 0.0656. The van der Waals surface area contributed by atoms with E-state index in [4.69, 9.17) is 4.74 Å². The number of aryl methyl sites for hydroxylation is 1. The lowest BCUT2D eigenvalue weighted by atomic mass is 9.68. The maximum absolute atomic E-state index is 14.0. The van der Waals surface area contributed by atoms with Crippen LogP contribution in [0.5, 0.6) is 0 Å². The Balaban J connectivity index is 1.72. The summed E-state index contributed by atoms with van der Waals surface area (Å²) in [5, 5.41) is 9.94. The molecule has 0 bridgehead atoms. The van der Waals surface area contributed by atoms with Gasteiger partial charge in [0.2, 0.25) is 0 Å². The van der Waals surface area contributed by atoms with E-state index in [2.05, 4.69) is 24.8 Å². The van der Waals surface area contributed by atoms with E-state index in [1.54, 1.807) is 6.07 Å². The fourth-order valence-corrected chi connectivity index (χ4v) is 5.45. The van der Waals surface area contributed by atoms with E-state index >= 15 is 0 Å². The third kappa shape index (κ3) is 4.93. The van der Waals surface area contributed by atoms with Crippen molar-refractivity contribution < 1.29 is 19.0 Å². The van der Waals surface area contributed by atoms with Crippen molar-refractivity contribution in [1.29, 1.82) is 0 Å². The lowest BCUT2D eigenvalue weighted by molar-refractivity contribution is -0.156. The van der Waals surface area contributed by atoms with Gasteiger partial charge >= 0.3 is 5.97 Å². The van der Waals surface area contributed by atoms with Gasteiger partial charge in [0.1, 0.15) is 11.9 Å². The van der Waals surface area contributed by atoms with Gasteiger partial charge < -0.3 is 14.7 Å². The van der Waals surface area contributed by atoms with E-state index in [1.807, 2.05) is 25.1 Å². The average Bonchev–Trinajstić information content (AvgIpc) is 3.22. The molecule has 0 amide bonds. The van der Waals surface area contributed by atoms with Crippen molar-refractivity contribution >= 4 is 11.5 Å². The van der Waals surface area contributed by atoms with Crippen molar-refractivity contribution in [3.05, 3.63) is 52.9 Å². The fourth-order valence-electron chi connectivity index (χ4n) is 5.45. The smallest absolute Gasteiger partial charge is 0.309 e. The minimum atomic E-state index is -0.650. The van der Waals surface area contributed by atoms with Crippen LogP contribution in [0.4, 0.5) is 4.39 Å². The third-order valence-electron chi connectivity index (χ3n) is 7.07. The molecule has 2 aliphatic heterocycles. The molecule has 4 rings (SSSR count). The Labute approximate surface area is 184 Å². The molecule has 1 aliphatic carbocycles. The van der Waals surface area contributed by atoms with Crippen molar-refractivity contribution in [3.8, 4) is 0 Å². The highest BCUT2D eigenvalue weighted by Crippen LogP contribution is 2.47. The summed E-state index contributed by atoms with van der Waals surface area (Å²) in [6.45, 7) is 8.65. The van der Waals surface area contributed by atoms with Gasteiger partial charge in [0.25, 0.3) is 0 Å². The molecule has 2 fully saturated rings. The van der Waals surface area contributed by atoms with E-state index in [9.17, 15) is 14.3 Å². The van der Waals surface area contributed by atoms with Crippen LogP contribution in [0.2, 0.25) is 0 Å². The highest BCUT2D eigenvalue weighted by atomic mass is 19.1. The molecule has 168 valence electrons. The Hall–Kier alpha value is -1.98. The number of benzene rings is 1. The van der Waals surface area contributed by atoms with Crippen LogP contribution < -0.4 is 0 Å². The Bertz CT molecular complexity index is 898. The molecular formula is C26H34FNO3. The fraction of sp³-hybridized carbons (Fsp3) is 0.577. The summed E-state index contributed by atoms with van der Waals surface area (Å²) in [7, 11) is 0. The molecule has 3 aliphatic rings. The number of rotatable bonds is 4. The second kappa shape index (κ2) is 8.87. The molecule has 31 heavy (non-hydrogen) atoms. The zero-order valence-electron chi connectivity index (χ0n) is 18.9. The Morgan fingerprint density at radius 1 is 1.23 bits per heavy atom. The van der Waals surface area contributed by atoms with Crippen molar-refractivity contribution in [2.75, 3.05) is 13.1 Å². The predicted molar refractivity (Wildman–Crippen MR) is 120 cm³/mol. The SMILES string of the molecule is Cc1cc(C2=C(/C=C/[C@H]3C[C@H](O)CC(=O)O3)C(C)(C)CC(N3CCCC3)C2)ccc1F. The summed E-state index contributed by atoms with van der Waals surface area (Å²) in [5.41, 5.74) is 4.10. The molecule has 3 atom stereocenters. The maximum Gasteiger partial charge on any atom is 0.309 e. The highest BCUT2D eigenvalue weighted by Gasteiger charge is 2.38. The van der Waals surface area contributed by atoms with E-state index in [0.29, 0.717) is 18.0 Å². The van der Waals surface area contributed by atoms with Crippen LogP contribution in [0, 0.1) is 18.2 Å². The van der Waals surface area contributed by atoms with Crippen LogP contribution in [-0.2, 0) is 9.53 Å². The number of likely N-dealkylation sites (tertiary alicyclic amines) is 1. The van der Waals surface area contributed by atoms with Crippen molar-refractivity contribution in [2.45, 2.75) is 77.5 Å². The number of ether oxygens (including phenoxy) is 1. The van der Waals surface area contributed by atoms with Gasteiger partial charge in [0.15, 0.2) is 0 Å². The molecule has 4 nitrogen and oxygen atoms in total. The summed E-state index contributed by atoms with van der Waals surface area (Å²) in [5.74, 6) is -0.538. The average molecular weight is 428 g/mol. The molecule has 0 radical (unpaired) electrons. The number of halogens is 1. The molecule has 0 aromatic heterocycles. The number of hydrogen-bond donors (Lipinski definition) is 1. The number of nitrogens with zero attached hydrogens (tertiary/aromatic N) is 1. The van der Waals surface area contributed by atoms with E-state index in [1.165, 1.54) is 24.0 Å². The van der Waals surface area contributed by atoms with Gasteiger partial charge in [-0.3, -0.25) is 4.79 Å². The standard InChI is InChI=1S/C26H34FNO3/c1-17-12-18(6-9-24(17)27)22-13-19(28-10-4-5-11-28)16-26(2,3)23(22)8-7-21-14-20(29)15-25(30)31-21/h6-9,12,19-21,29H,4-5,10-11,13-16H2,1-3H3/b8-7+/t19?,20-,21-/m0/s1. The number of carbonyl (C=O) groups excluding carboxylic acids is 1. The molecule has 1 aromatic rings. The number of carbonyl (C=O) groups is 1. The molecule has 1 N–H and O–H groups in total. The number of allylic oxidation sites excluding steroid dienone is 2. The zero-order valence-corrected chi connectivity index (χ0v) is 18.9. The maximum atomic E-state index is 14.0. The van der Waals surface area contributed by atoms with Crippen LogP contribution in [0.15, 0.2) is 35.9 Å². The number of esters is 1. The van der Waals surface area contributed by atoms with Gasteiger partial charge in [-0.2, -0.15) is 0 Å². The molecule has 2 heterocycles. The van der Waals surface area contributed by atoms with Gasteiger partial charge in [0, 0.05) is 12.5 Å². The van der Waals surface area contributed by atoms with Gasteiger partial charge in [-0.15, -0.1) is 0 Å². The number of hydrogen-bond acceptors (Lipinski definition) is 4. The molecular weight excluding hydrogens is 393 g/mol. The Morgan fingerprint density at radius 3 is 2.65 bits per heavy atom. The van der Waals surface area contributed by atoms with E-state index in [-0.39, 0.29) is 23.6 Å². The minimum Gasteiger partial charge on any atom is -0.458 e. The van der Waals surface area contributed by atoms with Gasteiger partial charge in [-0.1, -0.05) is 26.0 Å². The van der Waals surface area contributed by atoms with Gasteiger partial charge in [0.05, 0.1) is 12.5 Å². The molecule has 2 saturated heterocycles. The first kappa shape index (κ1) is 22.2. The quantitative estimate of drug-likeness (QED) is 0.702. The van der Waals surface area contributed by atoms with E-state index < -0.39 is 12.2 Å². The first-order valence-corrected chi connectivity index (χ1v) is 11.5. The van der Waals surface area contributed by atoms with Crippen molar-refractivity contribution in [1.82, 2.24) is 4.90 Å². The summed E-state index contributed by atoms with van der Waals surface area (Å²) in [4.78, 5) is 14.3. The van der Waals surface area contributed by atoms with Crippen LogP contribution in [0.3, 0.4) is 0 Å². The Kier molecular flexibility index (Phi) is 6.36. The summed E-state index contributed by atoms with van der Waals surface area (Å²) in [6, 6.07) is 5.87. The molecule has 5 heteroatoms. The molecule has 0 spiro atoms. The van der Waals surface area contributed by atoms with Crippen molar-refractivity contribution in [3.63, 3.8) is 0 Å². The molecule has 1 aromatic carbocycles. The van der Waals surface area contributed by atoms with Crippen molar-refractivity contribution in [2.24, 2.45) is 5.41 Å². The summed E-state index contributed by atoms with van der Waals surface area (Å²) in [6.07, 6.45) is 7.95. The highest BCUT2D eigenvalue weighted by molar-refractivity contribution is 5.74. The van der Waals surface area contributed by atoms with E-state index in [0.717, 1.165) is 31.5 Å². The third-order valence-corrected chi connectivity index (χ3v) is 7.07. The van der Waals surface area contributed by atoms with Gasteiger partial charge in [-0.25, -0.2) is 4.39 Å². The summed E-state index contributed by atoms with van der Waals surface area (Å²) < 4.78 is 19.4. The topological polar surface area (TPSA) is 49.8 Å². The lowest BCUT2D eigenvalue weighted by Crippen LogP contribution is -2.40. The molecule has 0 saturated carbocycles. The van der Waals surface area contributed by atoms with Crippen LogP contribution in [0.25, 0.3) is 5.57 Å². The van der Waals surface area contributed by atoms with Crippen LogP contribution in [-0.4, -0.2) is 47.3 Å². The van der Waals surface area contributed by atoms with Crippen LogP contribution >= 0.6 is 0 Å². The summed E-state index contributed by atoms with van der Waals surface area (Å²) >= 11 is 0. The number of cyclic esters (lactones) is 1. The largest absolute Gasteiger partial charge is 0.458 e. The first-order valence-electron chi connectivity index (χ1n) is 11.5. The second-order valence-corrected chi connectivity index (χ2v) is 10.0.